The summed E-state index contributed by atoms with van der Waals surface area (Å²) in [7, 11) is 0. The number of carbonyl (C=O) groups is 2. The van der Waals surface area contributed by atoms with E-state index >= 15 is 0 Å². The van der Waals surface area contributed by atoms with Gasteiger partial charge in [0.15, 0.2) is 5.57 Å². The van der Waals surface area contributed by atoms with Gasteiger partial charge in [-0.2, -0.15) is 0 Å². The molecule has 100 valence electrons. The second-order valence-electron chi connectivity index (χ2n) is 4.45. The number of carbonyl (C=O) groups excluding carboxylic acids is 2. The molecular formula is C14H14O4S. The van der Waals surface area contributed by atoms with Crippen molar-refractivity contribution >= 4 is 28.6 Å². The lowest BCUT2D eigenvalue weighted by Crippen LogP contribution is -2.42. The number of thioether (sulfide) groups is 1. The van der Waals surface area contributed by atoms with Crippen LogP contribution < -0.4 is 0 Å². The van der Waals surface area contributed by atoms with Crippen molar-refractivity contribution in [3.63, 3.8) is 0 Å². The highest BCUT2D eigenvalue weighted by Crippen LogP contribution is 2.34. The molecule has 0 unspecified atom stereocenters. The van der Waals surface area contributed by atoms with E-state index < -0.39 is 17.7 Å². The normalized spacial score (nSPS) is 17.7. The molecule has 0 aromatic heterocycles. The Morgan fingerprint density at radius 1 is 1.05 bits per heavy atom. The number of hydrogen-bond donors (Lipinski definition) is 0. The van der Waals surface area contributed by atoms with Crippen LogP contribution in [-0.2, 0) is 19.1 Å². The van der Waals surface area contributed by atoms with Crippen molar-refractivity contribution < 1.29 is 19.1 Å². The molecule has 1 saturated heterocycles. The molecular weight excluding hydrogens is 264 g/mol. The number of cyclic esters (lactones) is 2. The number of rotatable bonds is 2. The fourth-order valence-corrected chi connectivity index (χ4v) is 2.53. The minimum atomic E-state index is -1.21. The SMILES string of the molecule is CSC(=C1C(=O)OC(C)(C)OC1=O)c1ccccc1. The second-order valence-corrected chi connectivity index (χ2v) is 5.27. The molecule has 0 amide bonds. The third-order valence-corrected chi connectivity index (χ3v) is 3.40. The molecule has 5 heteroatoms. The Morgan fingerprint density at radius 3 is 2.05 bits per heavy atom. The molecule has 4 nitrogen and oxygen atoms in total. The Labute approximate surface area is 115 Å². The third kappa shape index (κ3) is 2.81. The molecule has 1 fully saturated rings. The van der Waals surface area contributed by atoms with Crippen molar-refractivity contribution in [1.82, 2.24) is 0 Å². The number of benzene rings is 1. The molecule has 0 N–H and O–H groups in total. The summed E-state index contributed by atoms with van der Waals surface area (Å²) in [6.07, 6.45) is 1.80. The Bertz CT molecular complexity index is 524. The fourth-order valence-electron chi connectivity index (χ4n) is 1.79. The first kappa shape index (κ1) is 13.7. The number of esters is 2. The molecule has 0 aliphatic carbocycles. The van der Waals surface area contributed by atoms with E-state index in [0.29, 0.717) is 4.91 Å². The van der Waals surface area contributed by atoms with E-state index in [9.17, 15) is 9.59 Å². The van der Waals surface area contributed by atoms with Crippen LogP contribution in [0.1, 0.15) is 19.4 Å². The average molecular weight is 278 g/mol. The van der Waals surface area contributed by atoms with Crippen LogP contribution >= 0.6 is 11.8 Å². The highest BCUT2D eigenvalue weighted by atomic mass is 32.2. The van der Waals surface area contributed by atoms with Crippen molar-refractivity contribution in [2.24, 2.45) is 0 Å². The van der Waals surface area contributed by atoms with Crippen LogP contribution in [0.4, 0.5) is 0 Å². The second kappa shape index (κ2) is 5.09. The fraction of sp³-hybridized carbons (Fsp3) is 0.286. The van der Waals surface area contributed by atoms with Gasteiger partial charge in [0.2, 0.25) is 0 Å². The van der Waals surface area contributed by atoms with Crippen LogP contribution in [0.15, 0.2) is 35.9 Å². The third-order valence-electron chi connectivity index (χ3n) is 2.55. The summed E-state index contributed by atoms with van der Waals surface area (Å²) in [4.78, 5) is 24.6. The Balaban J connectivity index is 2.50. The van der Waals surface area contributed by atoms with E-state index in [1.54, 1.807) is 6.26 Å². The van der Waals surface area contributed by atoms with Crippen molar-refractivity contribution in [3.8, 4) is 0 Å². The van der Waals surface area contributed by atoms with Crippen molar-refractivity contribution in [2.45, 2.75) is 19.6 Å². The largest absolute Gasteiger partial charge is 0.419 e. The van der Waals surface area contributed by atoms with Crippen LogP contribution in [0, 0.1) is 0 Å². The topological polar surface area (TPSA) is 52.6 Å². The van der Waals surface area contributed by atoms with Crippen LogP contribution in [0.2, 0.25) is 0 Å². The molecule has 2 rings (SSSR count). The predicted octanol–water partition coefficient (Wildman–Crippen LogP) is 2.60. The van der Waals surface area contributed by atoms with Crippen LogP contribution in [0.25, 0.3) is 4.91 Å². The molecule has 1 heterocycles. The molecule has 1 aromatic rings. The minimum Gasteiger partial charge on any atom is -0.419 e. The molecule has 0 bridgehead atoms. The molecule has 1 aliphatic heterocycles. The molecule has 1 aliphatic rings. The first-order chi connectivity index (χ1) is 8.94. The molecule has 0 spiro atoms. The Kier molecular flexibility index (Phi) is 3.66. The predicted molar refractivity (Wildman–Crippen MR) is 73.1 cm³/mol. The zero-order chi connectivity index (χ0) is 14.0. The van der Waals surface area contributed by atoms with Gasteiger partial charge >= 0.3 is 11.9 Å². The summed E-state index contributed by atoms with van der Waals surface area (Å²) < 4.78 is 10.2. The van der Waals surface area contributed by atoms with Gasteiger partial charge in [0.1, 0.15) is 0 Å². The number of ether oxygens (including phenoxy) is 2. The molecule has 0 atom stereocenters. The van der Waals surface area contributed by atoms with Crippen LogP contribution in [0.3, 0.4) is 0 Å². The lowest BCUT2D eigenvalue weighted by molar-refractivity contribution is -0.222. The maximum absolute atomic E-state index is 12.0. The Morgan fingerprint density at radius 2 is 1.58 bits per heavy atom. The van der Waals surface area contributed by atoms with Gasteiger partial charge in [0, 0.05) is 18.8 Å². The Hall–Kier alpha value is -1.75. The highest BCUT2D eigenvalue weighted by Gasteiger charge is 2.40. The zero-order valence-electron chi connectivity index (χ0n) is 10.9. The average Bonchev–Trinajstić information content (AvgIpc) is 2.33. The highest BCUT2D eigenvalue weighted by molar-refractivity contribution is 8.07. The maximum atomic E-state index is 12.0. The summed E-state index contributed by atoms with van der Waals surface area (Å²) in [5.41, 5.74) is 0.747. The van der Waals surface area contributed by atoms with Gasteiger partial charge in [-0.05, 0) is 11.8 Å². The van der Waals surface area contributed by atoms with E-state index in [4.69, 9.17) is 9.47 Å². The van der Waals surface area contributed by atoms with E-state index in [-0.39, 0.29) is 5.57 Å². The van der Waals surface area contributed by atoms with Crippen molar-refractivity contribution in [3.05, 3.63) is 41.5 Å². The summed E-state index contributed by atoms with van der Waals surface area (Å²) >= 11 is 1.32. The summed E-state index contributed by atoms with van der Waals surface area (Å²) in [6, 6.07) is 9.22. The van der Waals surface area contributed by atoms with Crippen molar-refractivity contribution in [2.75, 3.05) is 6.26 Å². The summed E-state index contributed by atoms with van der Waals surface area (Å²) in [5, 5.41) is 0. The smallest absolute Gasteiger partial charge is 0.350 e. The zero-order valence-corrected chi connectivity index (χ0v) is 11.7. The standard InChI is InChI=1S/C14H14O4S/c1-14(2)17-12(15)10(13(16)18-14)11(19-3)9-7-5-4-6-8-9/h4-8H,1-3H3. The van der Waals surface area contributed by atoms with Gasteiger partial charge in [-0.1, -0.05) is 30.3 Å². The minimum absolute atomic E-state index is 0.0435. The van der Waals surface area contributed by atoms with Gasteiger partial charge in [-0.15, -0.1) is 11.8 Å². The van der Waals surface area contributed by atoms with Gasteiger partial charge < -0.3 is 9.47 Å². The van der Waals surface area contributed by atoms with Gasteiger partial charge in [-0.3, -0.25) is 0 Å². The van der Waals surface area contributed by atoms with Crippen LogP contribution in [0.5, 0.6) is 0 Å². The van der Waals surface area contributed by atoms with E-state index in [1.165, 1.54) is 25.6 Å². The first-order valence-corrected chi connectivity index (χ1v) is 6.97. The van der Waals surface area contributed by atoms with E-state index in [2.05, 4.69) is 0 Å². The summed E-state index contributed by atoms with van der Waals surface area (Å²) in [5.74, 6) is -2.50. The molecule has 0 saturated carbocycles. The van der Waals surface area contributed by atoms with Gasteiger partial charge in [0.05, 0.1) is 0 Å². The van der Waals surface area contributed by atoms with E-state index in [0.717, 1.165) is 5.56 Å². The summed E-state index contributed by atoms with van der Waals surface area (Å²) in [6.45, 7) is 3.06. The van der Waals surface area contributed by atoms with E-state index in [1.807, 2.05) is 30.3 Å². The monoisotopic (exact) mass is 278 g/mol. The van der Waals surface area contributed by atoms with Crippen LogP contribution in [-0.4, -0.2) is 24.0 Å². The molecule has 19 heavy (non-hydrogen) atoms. The lowest BCUT2D eigenvalue weighted by atomic mass is 10.1. The lowest BCUT2D eigenvalue weighted by Gasteiger charge is -2.30. The quantitative estimate of drug-likeness (QED) is 0.473. The molecule has 0 radical (unpaired) electrons. The first-order valence-electron chi connectivity index (χ1n) is 5.75. The number of hydrogen-bond acceptors (Lipinski definition) is 5. The van der Waals surface area contributed by atoms with Crippen molar-refractivity contribution in [1.29, 1.82) is 0 Å². The van der Waals surface area contributed by atoms with Gasteiger partial charge in [-0.25, -0.2) is 9.59 Å². The maximum Gasteiger partial charge on any atom is 0.350 e. The molecule has 1 aromatic carbocycles. The van der Waals surface area contributed by atoms with Gasteiger partial charge in [0.25, 0.3) is 5.79 Å².